The zero-order chi connectivity index (χ0) is 32.4. The van der Waals surface area contributed by atoms with E-state index in [1.165, 1.54) is 5.57 Å². The third-order valence-corrected chi connectivity index (χ3v) is 15.6. The maximum Gasteiger partial charge on any atom is 0.310 e. The molecular weight excluding hydrogens is 556 g/mol. The molecule has 6 unspecified atom stereocenters. The van der Waals surface area contributed by atoms with Crippen molar-refractivity contribution >= 4 is 11.8 Å². The average molecular weight is 615 g/mol. The number of carbonyl (C=O) groups is 2. The molecule has 5 fully saturated rings. The van der Waals surface area contributed by atoms with E-state index in [9.17, 15) is 30.0 Å². The van der Waals surface area contributed by atoms with Crippen LogP contribution in [0.25, 0.3) is 0 Å². The molecule has 4 saturated carbocycles. The van der Waals surface area contributed by atoms with Crippen LogP contribution in [0.2, 0.25) is 0 Å². The van der Waals surface area contributed by atoms with Gasteiger partial charge >= 0.3 is 5.97 Å². The maximum absolute atomic E-state index is 14.1. The second kappa shape index (κ2) is 10.1. The molecule has 0 spiro atoms. The lowest BCUT2D eigenvalue weighted by Gasteiger charge is -2.71. The molecule has 0 bridgehead atoms. The largest absolute Gasteiger partial charge is 0.481 e. The van der Waals surface area contributed by atoms with Crippen LogP contribution in [-0.4, -0.2) is 62.7 Å². The van der Waals surface area contributed by atoms with Gasteiger partial charge in [0.05, 0.1) is 11.5 Å². The molecule has 1 aliphatic heterocycles. The van der Waals surface area contributed by atoms with Gasteiger partial charge in [-0.3, -0.25) is 9.59 Å². The Morgan fingerprint density at radius 1 is 0.818 bits per heavy atom. The van der Waals surface area contributed by atoms with Crippen molar-refractivity contribution in [3.63, 3.8) is 0 Å². The van der Waals surface area contributed by atoms with E-state index in [2.05, 4.69) is 54.5 Å². The van der Waals surface area contributed by atoms with Crippen molar-refractivity contribution in [2.45, 2.75) is 150 Å². The van der Waals surface area contributed by atoms with E-state index in [1.807, 2.05) is 0 Å². The smallest absolute Gasteiger partial charge is 0.310 e. The third kappa shape index (κ3) is 4.20. The Morgan fingerprint density at radius 2 is 1.48 bits per heavy atom. The van der Waals surface area contributed by atoms with Crippen molar-refractivity contribution in [2.75, 3.05) is 0 Å². The lowest BCUT2D eigenvalue weighted by Crippen LogP contribution is -2.66. The van der Waals surface area contributed by atoms with Gasteiger partial charge in [-0.25, -0.2) is 0 Å². The van der Waals surface area contributed by atoms with Gasteiger partial charge in [-0.1, -0.05) is 60.1 Å². The van der Waals surface area contributed by atoms with Gasteiger partial charge in [-0.15, -0.1) is 0 Å². The first-order chi connectivity index (χ1) is 20.3. The minimum Gasteiger partial charge on any atom is -0.481 e. The van der Waals surface area contributed by atoms with E-state index in [1.54, 1.807) is 6.92 Å². The maximum atomic E-state index is 14.1. The van der Waals surface area contributed by atoms with Crippen molar-refractivity contribution in [3.05, 3.63) is 11.6 Å². The van der Waals surface area contributed by atoms with Crippen LogP contribution in [0, 0.1) is 56.2 Å². The van der Waals surface area contributed by atoms with Crippen molar-refractivity contribution in [2.24, 2.45) is 56.2 Å². The number of hydrogen-bond donors (Lipinski definition) is 4. The third-order valence-electron chi connectivity index (χ3n) is 15.6. The predicted octanol–water partition coefficient (Wildman–Crippen LogP) is 5.93. The number of ketones is 1. The Bertz CT molecular complexity index is 1240. The molecule has 248 valence electrons. The van der Waals surface area contributed by atoms with Gasteiger partial charge in [0.1, 0.15) is 24.4 Å². The standard InChI is InChI=1S/C37H58O7/c1-20-26(38)28(40)29(41)30(44-20)27(39)22-11-13-34(6)24(33(22,4)5)12-14-36(8)25(34)10-9-21-23-19-32(2,3)15-17-37(23,31(42)43)18-16-35(21,36)7/h9,20,22-26,28-30,38,40-41H,10-19H2,1-8H3,(H,42,43)/t20?,22-,23?,24?,25?,26+,28?,29?,30+,34+,35-,36-,37+/m1/s1. The fraction of sp³-hybridized carbons (Fsp3) is 0.892. The molecule has 13 atom stereocenters. The highest BCUT2D eigenvalue weighted by Gasteiger charge is 2.70. The monoisotopic (exact) mass is 614 g/mol. The highest BCUT2D eigenvalue weighted by molar-refractivity contribution is 5.87. The van der Waals surface area contributed by atoms with Gasteiger partial charge in [-0.05, 0) is 116 Å². The lowest BCUT2D eigenvalue weighted by atomic mass is 9.33. The summed E-state index contributed by atoms with van der Waals surface area (Å²) < 4.78 is 5.85. The summed E-state index contributed by atoms with van der Waals surface area (Å²) in [6.07, 6.45) is 5.54. The molecular formula is C37H58O7. The van der Waals surface area contributed by atoms with Gasteiger partial charge in [0.25, 0.3) is 0 Å². The number of fused-ring (bicyclic) bond motifs is 7. The van der Waals surface area contributed by atoms with Crippen LogP contribution in [0.3, 0.4) is 0 Å². The van der Waals surface area contributed by atoms with Crippen LogP contribution in [0.4, 0.5) is 0 Å². The van der Waals surface area contributed by atoms with Gasteiger partial charge < -0.3 is 25.2 Å². The van der Waals surface area contributed by atoms with Crippen LogP contribution in [-0.2, 0) is 14.3 Å². The van der Waals surface area contributed by atoms with E-state index in [0.717, 1.165) is 57.8 Å². The summed E-state index contributed by atoms with van der Waals surface area (Å²) in [7, 11) is 0. The molecule has 0 amide bonds. The van der Waals surface area contributed by atoms with E-state index < -0.39 is 41.9 Å². The first-order valence-corrected chi connectivity index (χ1v) is 17.4. The molecule has 6 aliphatic rings. The zero-order valence-corrected chi connectivity index (χ0v) is 28.4. The highest BCUT2D eigenvalue weighted by Crippen LogP contribution is 2.76. The van der Waals surface area contributed by atoms with E-state index >= 15 is 0 Å². The zero-order valence-electron chi connectivity index (χ0n) is 28.4. The summed E-state index contributed by atoms with van der Waals surface area (Å²) in [6.45, 7) is 18.2. The molecule has 44 heavy (non-hydrogen) atoms. The highest BCUT2D eigenvalue weighted by atomic mass is 16.5. The minimum absolute atomic E-state index is 0.0144. The SMILES string of the molecule is CC1O[C@@H](C(=O)[C@H]2CC[C@@]3(C)C(CC[C@]4(C)C3CC=C3C5CC(C)(C)CC[C@]5(C(=O)O)CC[C@]34C)C2(C)C)C(O)C(O)[C@H]1O. The number of aliphatic hydroxyl groups is 3. The van der Waals surface area contributed by atoms with Gasteiger partial charge in [-0.2, -0.15) is 0 Å². The predicted molar refractivity (Wildman–Crippen MR) is 168 cm³/mol. The van der Waals surface area contributed by atoms with Crippen molar-refractivity contribution in [3.8, 4) is 0 Å². The Kier molecular flexibility index (Phi) is 7.50. The van der Waals surface area contributed by atoms with Crippen LogP contribution in [0.1, 0.15) is 120 Å². The molecule has 0 radical (unpaired) electrons. The first-order valence-electron chi connectivity index (χ1n) is 17.4. The fourth-order valence-corrected chi connectivity index (χ4v) is 12.6. The topological polar surface area (TPSA) is 124 Å². The Morgan fingerprint density at radius 3 is 2.14 bits per heavy atom. The lowest BCUT2D eigenvalue weighted by molar-refractivity contribution is -0.225. The molecule has 0 aromatic carbocycles. The Labute approximate surface area is 264 Å². The van der Waals surface area contributed by atoms with Crippen LogP contribution < -0.4 is 0 Å². The van der Waals surface area contributed by atoms with Crippen molar-refractivity contribution in [1.29, 1.82) is 0 Å². The Balaban J connectivity index is 1.32. The van der Waals surface area contributed by atoms with Gasteiger partial charge in [0, 0.05) is 5.92 Å². The number of carboxylic acids is 1. The number of rotatable bonds is 3. The van der Waals surface area contributed by atoms with Crippen LogP contribution in [0.15, 0.2) is 11.6 Å². The molecule has 5 aliphatic carbocycles. The van der Waals surface area contributed by atoms with Crippen LogP contribution >= 0.6 is 0 Å². The van der Waals surface area contributed by atoms with E-state index in [4.69, 9.17) is 4.74 Å². The van der Waals surface area contributed by atoms with Gasteiger partial charge in [0.2, 0.25) is 0 Å². The number of carboxylic acid groups (broad SMARTS) is 1. The Hall–Kier alpha value is -1.28. The molecule has 7 nitrogen and oxygen atoms in total. The van der Waals surface area contributed by atoms with Crippen molar-refractivity contribution in [1.82, 2.24) is 0 Å². The summed E-state index contributed by atoms with van der Waals surface area (Å²) in [5.41, 5.74) is 0.605. The fourth-order valence-electron chi connectivity index (χ4n) is 12.6. The number of aliphatic hydroxyl groups excluding tert-OH is 3. The van der Waals surface area contributed by atoms with Crippen LogP contribution in [0.5, 0.6) is 0 Å². The van der Waals surface area contributed by atoms with E-state index in [-0.39, 0.29) is 44.7 Å². The molecule has 0 aromatic rings. The second-order valence-corrected chi connectivity index (χ2v) is 18.2. The van der Waals surface area contributed by atoms with E-state index in [0.29, 0.717) is 18.3 Å². The average Bonchev–Trinajstić information content (AvgIpc) is 2.93. The number of aliphatic carboxylic acids is 1. The minimum atomic E-state index is -1.44. The number of ether oxygens (including phenoxy) is 1. The number of hydrogen-bond acceptors (Lipinski definition) is 6. The quantitative estimate of drug-likeness (QED) is 0.291. The summed E-state index contributed by atoms with van der Waals surface area (Å²) in [5, 5.41) is 42.1. The summed E-state index contributed by atoms with van der Waals surface area (Å²) in [6, 6.07) is 0. The summed E-state index contributed by atoms with van der Waals surface area (Å²) >= 11 is 0. The summed E-state index contributed by atoms with van der Waals surface area (Å²) in [4.78, 5) is 27.0. The normalized spacial score (nSPS) is 52.8. The number of Topliss-reactive ketones (excluding diaryl/α,β-unsaturated/α-hetero) is 1. The molecule has 6 rings (SSSR count). The first kappa shape index (κ1) is 32.7. The molecule has 1 heterocycles. The molecule has 7 heteroatoms. The van der Waals surface area contributed by atoms with Gasteiger partial charge in [0.15, 0.2) is 5.78 Å². The second-order valence-electron chi connectivity index (χ2n) is 18.2. The summed E-state index contributed by atoms with van der Waals surface area (Å²) in [5.74, 6) is -0.227. The number of carbonyl (C=O) groups excluding carboxylic acids is 1. The molecule has 0 aromatic heterocycles. The van der Waals surface area contributed by atoms with Crippen molar-refractivity contribution < 1.29 is 34.8 Å². The molecule has 4 N–H and O–H groups in total. The molecule has 1 saturated heterocycles. The number of allylic oxidation sites excluding steroid dienone is 2.